The number of nitrogens with zero attached hydrogens (tertiary/aromatic N) is 1. The van der Waals surface area contributed by atoms with E-state index >= 15 is 0 Å². The van der Waals surface area contributed by atoms with Crippen LogP contribution in [0.25, 0.3) is 0 Å². The van der Waals surface area contributed by atoms with Crippen molar-refractivity contribution in [3.63, 3.8) is 0 Å². The van der Waals surface area contributed by atoms with E-state index in [-0.39, 0.29) is 0 Å². The van der Waals surface area contributed by atoms with E-state index in [2.05, 4.69) is 10.2 Å². The van der Waals surface area contributed by atoms with Crippen molar-refractivity contribution in [2.75, 3.05) is 39.9 Å². The number of ether oxygens (including phenoxy) is 1. The molecule has 0 spiro atoms. The van der Waals surface area contributed by atoms with Crippen molar-refractivity contribution in [1.29, 1.82) is 0 Å². The minimum Gasteiger partial charge on any atom is -0.383 e. The molecular formula is C13H26N2O. The molecule has 1 atom stereocenters. The smallest absolute Gasteiger partial charge is 0.0589 e. The summed E-state index contributed by atoms with van der Waals surface area (Å²) in [7, 11) is 1.80. The van der Waals surface area contributed by atoms with Crippen molar-refractivity contribution in [2.24, 2.45) is 5.92 Å². The molecule has 1 saturated heterocycles. The number of hydrogen-bond donors (Lipinski definition) is 1. The Hall–Kier alpha value is -0.120. The molecule has 0 aromatic carbocycles. The van der Waals surface area contributed by atoms with Crippen LogP contribution in [-0.4, -0.2) is 50.8 Å². The monoisotopic (exact) mass is 226 g/mol. The Balaban J connectivity index is 1.66. The van der Waals surface area contributed by atoms with Gasteiger partial charge in [-0.15, -0.1) is 0 Å². The van der Waals surface area contributed by atoms with Gasteiger partial charge < -0.3 is 10.1 Å². The van der Waals surface area contributed by atoms with Crippen LogP contribution in [0.15, 0.2) is 0 Å². The van der Waals surface area contributed by atoms with Gasteiger partial charge in [-0.05, 0) is 38.3 Å². The lowest BCUT2D eigenvalue weighted by atomic mass is 10.2. The Kier molecular flexibility index (Phi) is 5.07. The molecule has 2 aliphatic rings. The van der Waals surface area contributed by atoms with Crippen LogP contribution in [0, 0.1) is 5.92 Å². The predicted octanol–water partition coefficient (Wildman–Crippen LogP) is 1.49. The molecule has 0 bridgehead atoms. The Labute approximate surface area is 99.5 Å². The van der Waals surface area contributed by atoms with Gasteiger partial charge in [0, 0.05) is 26.2 Å². The average Bonchev–Trinajstić information content (AvgIpc) is 2.99. The minimum absolute atomic E-state index is 0.732. The maximum atomic E-state index is 5.20. The molecular weight excluding hydrogens is 200 g/mol. The summed E-state index contributed by atoms with van der Waals surface area (Å²) in [5, 5.41) is 3.58. The first-order valence-electron chi connectivity index (χ1n) is 6.83. The molecule has 1 N–H and O–H groups in total. The van der Waals surface area contributed by atoms with Crippen LogP contribution < -0.4 is 5.32 Å². The highest BCUT2D eigenvalue weighted by Gasteiger charge is 2.23. The van der Waals surface area contributed by atoms with E-state index < -0.39 is 0 Å². The van der Waals surface area contributed by atoms with Crippen molar-refractivity contribution >= 4 is 0 Å². The molecule has 0 aromatic rings. The maximum Gasteiger partial charge on any atom is 0.0589 e. The molecule has 16 heavy (non-hydrogen) atoms. The van der Waals surface area contributed by atoms with Gasteiger partial charge in [-0.1, -0.05) is 12.8 Å². The summed E-state index contributed by atoms with van der Waals surface area (Å²) in [4.78, 5) is 2.59. The number of methoxy groups -OCH3 is 1. The molecule has 0 amide bonds. The highest BCUT2D eigenvalue weighted by Crippen LogP contribution is 2.32. The van der Waals surface area contributed by atoms with Crippen LogP contribution >= 0.6 is 0 Å². The lowest BCUT2D eigenvalue weighted by Gasteiger charge is -2.25. The molecule has 2 fully saturated rings. The van der Waals surface area contributed by atoms with Crippen LogP contribution in [0.3, 0.4) is 0 Å². The van der Waals surface area contributed by atoms with E-state index in [1.54, 1.807) is 7.11 Å². The van der Waals surface area contributed by atoms with E-state index in [1.165, 1.54) is 51.7 Å². The lowest BCUT2D eigenvalue weighted by molar-refractivity contribution is 0.140. The summed E-state index contributed by atoms with van der Waals surface area (Å²) in [6.07, 6.45) is 7.05. The van der Waals surface area contributed by atoms with Gasteiger partial charge >= 0.3 is 0 Å². The topological polar surface area (TPSA) is 24.5 Å². The minimum atomic E-state index is 0.732. The highest BCUT2D eigenvalue weighted by molar-refractivity contribution is 4.80. The van der Waals surface area contributed by atoms with Crippen molar-refractivity contribution < 1.29 is 4.74 Å². The first-order valence-corrected chi connectivity index (χ1v) is 6.83. The molecule has 1 aliphatic heterocycles. The van der Waals surface area contributed by atoms with Gasteiger partial charge in [-0.2, -0.15) is 0 Å². The molecule has 94 valence electrons. The lowest BCUT2D eigenvalue weighted by Crippen LogP contribution is -2.39. The standard InChI is InChI=1S/C13H26N2O/c1-16-10-9-15(8-6-12-4-5-12)11-13-3-2-7-14-13/h12-14H,2-11H2,1H3. The zero-order valence-corrected chi connectivity index (χ0v) is 10.6. The summed E-state index contributed by atoms with van der Waals surface area (Å²) in [6.45, 7) is 5.67. The van der Waals surface area contributed by atoms with Crippen molar-refractivity contribution in [2.45, 2.75) is 38.1 Å². The van der Waals surface area contributed by atoms with Gasteiger partial charge in [-0.25, -0.2) is 0 Å². The van der Waals surface area contributed by atoms with Crippen molar-refractivity contribution in [3.05, 3.63) is 0 Å². The summed E-state index contributed by atoms with van der Waals surface area (Å²) >= 11 is 0. The van der Waals surface area contributed by atoms with E-state index in [1.807, 2.05) is 0 Å². The fourth-order valence-electron chi connectivity index (χ4n) is 2.51. The molecule has 1 unspecified atom stereocenters. The van der Waals surface area contributed by atoms with Gasteiger partial charge in [0.25, 0.3) is 0 Å². The molecule has 0 radical (unpaired) electrons. The second kappa shape index (κ2) is 6.58. The molecule has 0 aromatic heterocycles. The normalized spacial score (nSPS) is 25.5. The summed E-state index contributed by atoms with van der Waals surface area (Å²) < 4.78 is 5.20. The molecule has 3 heteroatoms. The Morgan fingerprint density at radius 2 is 2.12 bits per heavy atom. The third-order valence-electron chi connectivity index (χ3n) is 3.80. The van der Waals surface area contributed by atoms with Gasteiger partial charge in [0.15, 0.2) is 0 Å². The first kappa shape index (κ1) is 12.3. The van der Waals surface area contributed by atoms with Crippen molar-refractivity contribution in [1.82, 2.24) is 10.2 Å². The van der Waals surface area contributed by atoms with Gasteiger partial charge in [0.05, 0.1) is 6.61 Å². The largest absolute Gasteiger partial charge is 0.383 e. The quantitative estimate of drug-likeness (QED) is 0.678. The Bertz CT molecular complexity index is 188. The average molecular weight is 226 g/mol. The number of rotatable bonds is 8. The third kappa shape index (κ3) is 4.40. The fourth-order valence-corrected chi connectivity index (χ4v) is 2.51. The summed E-state index contributed by atoms with van der Waals surface area (Å²) in [5.41, 5.74) is 0. The van der Waals surface area contributed by atoms with Crippen molar-refractivity contribution in [3.8, 4) is 0 Å². The Morgan fingerprint density at radius 1 is 1.25 bits per heavy atom. The number of nitrogens with one attached hydrogen (secondary N) is 1. The SMILES string of the molecule is COCCN(CCC1CC1)CC1CCCN1. The van der Waals surface area contributed by atoms with E-state index in [0.717, 1.165) is 25.1 Å². The van der Waals surface area contributed by atoms with E-state index in [0.29, 0.717) is 0 Å². The highest BCUT2D eigenvalue weighted by atomic mass is 16.5. The number of hydrogen-bond acceptors (Lipinski definition) is 3. The summed E-state index contributed by atoms with van der Waals surface area (Å²) in [5.74, 6) is 1.04. The van der Waals surface area contributed by atoms with Gasteiger partial charge in [0.1, 0.15) is 0 Å². The van der Waals surface area contributed by atoms with Crippen LogP contribution in [0.2, 0.25) is 0 Å². The zero-order valence-electron chi connectivity index (χ0n) is 10.6. The first-order chi connectivity index (χ1) is 7.88. The zero-order chi connectivity index (χ0) is 11.2. The van der Waals surface area contributed by atoms with Crippen LogP contribution in [0.1, 0.15) is 32.1 Å². The molecule has 3 nitrogen and oxygen atoms in total. The fraction of sp³-hybridized carbons (Fsp3) is 1.00. The molecule has 1 saturated carbocycles. The summed E-state index contributed by atoms with van der Waals surface area (Å²) in [6, 6.07) is 0.732. The maximum absolute atomic E-state index is 5.20. The predicted molar refractivity (Wildman–Crippen MR) is 66.7 cm³/mol. The molecule has 1 heterocycles. The van der Waals surface area contributed by atoms with Crippen LogP contribution in [0.5, 0.6) is 0 Å². The van der Waals surface area contributed by atoms with E-state index in [4.69, 9.17) is 4.74 Å². The van der Waals surface area contributed by atoms with Gasteiger partial charge in [-0.3, -0.25) is 4.90 Å². The molecule has 2 rings (SSSR count). The van der Waals surface area contributed by atoms with Crippen LogP contribution in [-0.2, 0) is 4.74 Å². The van der Waals surface area contributed by atoms with Crippen LogP contribution in [0.4, 0.5) is 0 Å². The van der Waals surface area contributed by atoms with Gasteiger partial charge in [0.2, 0.25) is 0 Å². The second-order valence-corrected chi connectivity index (χ2v) is 5.32. The van der Waals surface area contributed by atoms with E-state index in [9.17, 15) is 0 Å². The Morgan fingerprint density at radius 3 is 2.75 bits per heavy atom. The third-order valence-corrected chi connectivity index (χ3v) is 3.80. The molecule has 1 aliphatic carbocycles. The second-order valence-electron chi connectivity index (χ2n) is 5.32.